The molecule has 1 aromatic carbocycles. The zero-order valence-electron chi connectivity index (χ0n) is 11.4. The van der Waals surface area contributed by atoms with E-state index in [0.717, 1.165) is 19.5 Å². The molecule has 1 N–H and O–H groups in total. The van der Waals surface area contributed by atoms with Crippen LogP contribution in [0.25, 0.3) is 0 Å². The molecule has 1 aromatic rings. The first-order chi connectivity index (χ1) is 8.41. The van der Waals surface area contributed by atoms with Gasteiger partial charge in [0.1, 0.15) is 0 Å². The van der Waals surface area contributed by atoms with Crippen molar-refractivity contribution in [1.82, 2.24) is 0 Å². The van der Waals surface area contributed by atoms with E-state index in [1.165, 1.54) is 16.8 Å². The fourth-order valence-corrected chi connectivity index (χ4v) is 3.03. The fraction of sp³-hybridized carbons (Fsp3) is 0.533. The molecule has 0 aliphatic carbocycles. The van der Waals surface area contributed by atoms with E-state index in [-0.39, 0.29) is 11.8 Å². The summed E-state index contributed by atoms with van der Waals surface area (Å²) in [7, 11) is 0. The van der Waals surface area contributed by atoms with Gasteiger partial charge in [-0.2, -0.15) is 0 Å². The molecule has 1 saturated heterocycles. The third-order valence-electron chi connectivity index (χ3n) is 3.89. The number of aliphatic carboxylic acids is 1. The lowest BCUT2D eigenvalue weighted by molar-refractivity contribution is -0.139. The average molecular weight is 247 g/mol. The molecule has 1 heterocycles. The monoisotopic (exact) mass is 247 g/mol. The molecule has 3 heteroatoms. The third-order valence-corrected chi connectivity index (χ3v) is 3.89. The van der Waals surface area contributed by atoms with E-state index in [1.807, 2.05) is 0 Å². The lowest BCUT2D eigenvalue weighted by atomic mass is 9.86. The second-order valence-electron chi connectivity index (χ2n) is 5.79. The predicted octanol–water partition coefficient (Wildman–Crippen LogP) is 2.99. The van der Waals surface area contributed by atoms with Gasteiger partial charge in [-0.1, -0.05) is 25.1 Å². The number of carboxylic acid groups (broad SMARTS) is 1. The number of nitrogens with zero attached hydrogens (tertiary/aromatic N) is 1. The molecule has 98 valence electrons. The Bertz CT molecular complexity index is 449. The molecule has 1 unspecified atom stereocenters. The number of carbonyl (C=O) groups is 1. The van der Waals surface area contributed by atoms with Crippen LogP contribution in [0.2, 0.25) is 0 Å². The number of hydrogen-bond acceptors (Lipinski definition) is 2. The molecule has 2 rings (SSSR count). The number of rotatable bonds is 3. The van der Waals surface area contributed by atoms with E-state index < -0.39 is 5.97 Å². The van der Waals surface area contributed by atoms with Crippen LogP contribution in [0.15, 0.2) is 18.2 Å². The third kappa shape index (κ3) is 2.50. The lowest BCUT2D eigenvalue weighted by Crippen LogP contribution is -2.27. The Hall–Kier alpha value is -1.51. The maximum absolute atomic E-state index is 10.9. The van der Waals surface area contributed by atoms with Gasteiger partial charge in [0.05, 0.1) is 6.42 Å². The normalized spacial score (nSPS) is 23.4. The van der Waals surface area contributed by atoms with Crippen LogP contribution in [0.1, 0.15) is 30.9 Å². The van der Waals surface area contributed by atoms with E-state index in [2.05, 4.69) is 43.9 Å². The largest absolute Gasteiger partial charge is 0.481 e. The van der Waals surface area contributed by atoms with Crippen molar-refractivity contribution >= 4 is 11.7 Å². The number of aryl methyl sites for hydroxylation is 2. The van der Waals surface area contributed by atoms with Crippen molar-refractivity contribution in [3.63, 3.8) is 0 Å². The number of anilines is 1. The minimum Gasteiger partial charge on any atom is -0.481 e. The fourth-order valence-electron chi connectivity index (χ4n) is 3.03. The van der Waals surface area contributed by atoms with Gasteiger partial charge in [-0.25, -0.2) is 0 Å². The second kappa shape index (κ2) is 4.63. The SMILES string of the molecule is Cc1cccc(C)c1N1CCC(C)(CC(=O)O)C1. The summed E-state index contributed by atoms with van der Waals surface area (Å²) < 4.78 is 0. The molecule has 0 saturated carbocycles. The standard InChI is InChI=1S/C15H21NO2/c1-11-5-4-6-12(2)14(11)16-8-7-15(3,10-16)9-13(17)18/h4-6H,7-10H2,1-3H3,(H,17,18). The first-order valence-electron chi connectivity index (χ1n) is 6.44. The summed E-state index contributed by atoms with van der Waals surface area (Å²) in [6, 6.07) is 6.31. The Morgan fingerprint density at radius 1 is 1.39 bits per heavy atom. The second-order valence-corrected chi connectivity index (χ2v) is 5.79. The van der Waals surface area contributed by atoms with Crippen molar-refractivity contribution in [1.29, 1.82) is 0 Å². The summed E-state index contributed by atoms with van der Waals surface area (Å²) in [5.74, 6) is -0.694. The molecule has 3 nitrogen and oxygen atoms in total. The summed E-state index contributed by atoms with van der Waals surface area (Å²) in [5, 5.41) is 8.99. The molecular weight excluding hydrogens is 226 g/mol. The van der Waals surface area contributed by atoms with Crippen molar-refractivity contribution in [2.75, 3.05) is 18.0 Å². The van der Waals surface area contributed by atoms with Crippen LogP contribution in [0.3, 0.4) is 0 Å². The van der Waals surface area contributed by atoms with E-state index >= 15 is 0 Å². The smallest absolute Gasteiger partial charge is 0.303 e. The van der Waals surface area contributed by atoms with Crippen molar-refractivity contribution in [3.8, 4) is 0 Å². The quantitative estimate of drug-likeness (QED) is 0.892. The van der Waals surface area contributed by atoms with Crippen LogP contribution in [-0.2, 0) is 4.79 Å². The lowest BCUT2D eigenvalue weighted by Gasteiger charge is -2.26. The van der Waals surface area contributed by atoms with Gasteiger partial charge >= 0.3 is 5.97 Å². The zero-order chi connectivity index (χ0) is 13.3. The van der Waals surface area contributed by atoms with Crippen molar-refractivity contribution in [3.05, 3.63) is 29.3 Å². The maximum atomic E-state index is 10.9. The van der Waals surface area contributed by atoms with Crippen LogP contribution >= 0.6 is 0 Å². The van der Waals surface area contributed by atoms with Crippen LogP contribution in [0.5, 0.6) is 0 Å². The minimum absolute atomic E-state index is 0.0967. The Balaban J connectivity index is 2.21. The Morgan fingerprint density at radius 2 is 2.00 bits per heavy atom. The Morgan fingerprint density at radius 3 is 2.56 bits per heavy atom. The summed E-state index contributed by atoms with van der Waals surface area (Å²) in [6.07, 6.45) is 1.21. The molecule has 1 fully saturated rings. The number of hydrogen-bond donors (Lipinski definition) is 1. The van der Waals surface area contributed by atoms with Crippen molar-refractivity contribution in [2.45, 2.75) is 33.6 Å². The van der Waals surface area contributed by atoms with Gasteiger partial charge in [0.15, 0.2) is 0 Å². The zero-order valence-corrected chi connectivity index (χ0v) is 11.4. The van der Waals surface area contributed by atoms with Crippen LogP contribution in [-0.4, -0.2) is 24.2 Å². The molecule has 1 aliphatic rings. The van der Waals surface area contributed by atoms with E-state index in [0.29, 0.717) is 0 Å². The highest BCUT2D eigenvalue weighted by atomic mass is 16.4. The summed E-state index contributed by atoms with van der Waals surface area (Å²) in [5.41, 5.74) is 3.73. The highest BCUT2D eigenvalue weighted by Crippen LogP contribution is 2.38. The number of para-hydroxylation sites is 1. The molecule has 0 bridgehead atoms. The van der Waals surface area contributed by atoms with Crippen molar-refractivity contribution < 1.29 is 9.90 Å². The molecule has 0 radical (unpaired) electrons. The maximum Gasteiger partial charge on any atom is 0.303 e. The summed E-state index contributed by atoms with van der Waals surface area (Å²) >= 11 is 0. The first-order valence-corrected chi connectivity index (χ1v) is 6.44. The first kappa shape index (κ1) is 12.9. The minimum atomic E-state index is -0.694. The summed E-state index contributed by atoms with van der Waals surface area (Å²) in [4.78, 5) is 13.3. The predicted molar refractivity (Wildman–Crippen MR) is 73.1 cm³/mol. The molecular formula is C15H21NO2. The number of benzene rings is 1. The molecule has 0 aromatic heterocycles. The van der Waals surface area contributed by atoms with Gasteiger partial charge in [0, 0.05) is 18.8 Å². The van der Waals surface area contributed by atoms with Crippen LogP contribution in [0, 0.1) is 19.3 Å². The van der Waals surface area contributed by atoms with E-state index in [4.69, 9.17) is 5.11 Å². The van der Waals surface area contributed by atoms with E-state index in [9.17, 15) is 4.79 Å². The molecule has 1 atom stereocenters. The van der Waals surface area contributed by atoms with Gasteiger partial charge < -0.3 is 10.0 Å². The van der Waals surface area contributed by atoms with Gasteiger partial charge in [0.2, 0.25) is 0 Å². The molecule has 1 aliphatic heterocycles. The Labute approximate surface area is 108 Å². The highest BCUT2D eigenvalue weighted by molar-refractivity contribution is 5.68. The average Bonchev–Trinajstić information content (AvgIpc) is 2.59. The topological polar surface area (TPSA) is 40.5 Å². The van der Waals surface area contributed by atoms with Gasteiger partial charge in [-0.15, -0.1) is 0 Å². The molecule has 18 heavy (non-hydrogen) atoms. The van der Waals surface area contributed by atoms with E-state index in [1.54, 1.807) is 0 Å². The highest BCUT2D eigenvalue weighted by Gasteiger charge is 2.36. The summed E-state index contributed by atoms with van der Waals surface area (Å²) in [6.45, 7) is 8.11. The molecule has 0 spiro atoms. The van der Waals surface area contributed by atoms with Crippen LogP contribution < -0.4 is 4.90 Å². The number of carboxylic acids is 1. The van der Waals surface area contributed by atoms with Gasteiger partial charge in [-0.05, 0) is 36.8 Å². The van der Waals surface area contributed by atoms with Crippen LogP contribution in [0.4, 0.5) is 5.69 Å². The van der Waals surface area contributed by atoms with Gasteiger partial charge in [0.25, 0.3) is 0 Å². The molecule has 0 amide bonds. The Kier molecular flexibility index (Phi) is 3.33. The van der Waals surface area contributed by atoms with Crippen molar-refractivity contribution in [2.24, 2.45) is 5.41 Å². The van der Waals surface area contributed by atoms with Gasteiger partial charge in [-0.3, -0.25) is 4.79 Å².